The smallest absolute Gasteiger partial charge is 0.192 e. The van der Waals surface area contributed by atoms with Gasteiger partial charge in [0.25, 0.3) is 0 Å². The van der Waals surface area contributed by atoms with Gasteiger partial charge in [-0.3, -0.25) is 0 Å². The molecular formula is C24H42OSi2. The number of hydrogen-bond acceptors (Lipinski definition) is 1. The Labute approximate surface area is 170 Å². The fraction of sp³-hybridized carbons (Fsp3) is 0.667. The Kier molecular flexibility index (Phi) is 8.57. The van der Waals surface area contributed by atoms with E-state index in [9.17, 15) is 0 Å². The lowest BCUT2D eigenvalue weighted by Crippen LogP contribution is -2.54. The molecule has 1 aromatic rings. The summed E-state index contributed by atoms with van der Waals surface area (Å²) < 4.78 is 7.29. The first kappa shape index (κ1) is 22.6. The van der Waals surface area contributed by atoms with Crippen molar-refractivity contribution in [1.29, 1.82) is 0 Å². The van der Waals surface area contributed by atoms with E-state index < -0.39 is 16.4 Å². The minimum atomic E-state index is -1.71. The Hall–Kier alpha value is -0.646. The van der Waals surface area contributed by atoms with Crippen molar-refractivity contribution >= 4 is 21.6 Å². The van der Waals surface area contributed by atoms with Crippen molar-refractivity contribution in [3.05, 3.63) is 43.0 Å². The number of rotatable bonds is 10. The molecule has 1 aliphatic carbocycles. The Morgan fingerprint density at radius 2 is 1.56 bits per heavy atom. The van der Waals surface area contributed by atoms with Crippen LogP contribution in [0.25, 0.3) is 0 Å². The molecule has 2 rings (SSSR count). The first-order valence-corrected chi connectivity index (χ1v) is 16.9. The third-order valence-electron chi connectivity index (χ3n) is 7.39. The zero-order valence-electron chi connectivity index (χ0n) is 18.5. The molecule has 0 heterocycles. The first-order chi connectivity index (χ1) is 12.9. The van der Waals surface area contributed by atoms with Crippen LogP contribution in [-0.2, 0) is 4.43 Å². The van der Waals surface area contributed by atoms with Gasteiger partial charge in [-0.2, -0.15) is 0 Å². The molecule has 27 heavy (non-hydrogen) atoms. The zero-order valence-corrected chi connectivity index (χ0v) is 20.5. The van der Waals surface area contributed by atoms with E-state index in [4.69, 9.17) is 4.43 Å². The molecule has 152 valence electrons. The van der Waals surface area contributed by atoms with Crippen LogP contribution in [0.15, 0.2) is 43.0 Å². The third-order valence-corrected chi connectivity index (χ3v) is 16.1. The molecule has 1 aromatic carbocycles. The predicted molar refractivity (Wildman–Crippen MR) is 126 cm³/mol. The van der Waals surface area contributed by atoms with Crippen molar-refractivity contribution in [2.45, 2.75) is 95.7 Å². The molecule has 0 aliphatic heterocycles. The molecule has 1 nitrogen and oxygen atoms in total. The zero-order chi connectivity index (χ0) is 19.9. The van der Waals surface area contributed by atoms with Crippen molar-refractivity contribution in [3.63, 3.8) is 0 Å². The van der Waals surface area contributed by atoms with Crippen LogP contribution >= 0.6 is 0 Å². The molecule has 0 saturated heterocycles. The average Bonchev–Trinajstić information content (AvgIpc) is 2.72. The van der Waals surface area contributed by atoms with Gasteiger partial charge in [0.15, 0.2) is 8.32 Å². The van der Waals surface area contributed by atoms with E-state index in [0.717, 1.165) is 0 Å². The molecule has 0 radical (unpaired) electrons. The van der Waals surface area contributed by atoms with Crippen LogP contribution in [0, 0.1) is 5.92 Å². The van der Waals surface area contributed by atoms with E-state index in [1.165, 1.54) is 55.4 Å². The van der Waals surface area contributed by atoms with Crippen LogP contribution in [0.4, 0.5) is 0 Å². The van der Waals surface area contributed by atoms with Gasteiger partial charge in [0.2, 0.25) is 0 Å². The standard InChI is InChI=1S/C24H42OSi2/c1-7-23(26(5,6)22-19-15-12-16-20-22)24(21-17-13-11-14-18-21)25-27(8-2,9-3)10-4/h7,12,15-16,19-21,23-24H,1,8-11,13-14,17-18H2,2-6H3/t23-,24+/m1/s1. The van der Waals surface area contributed by atoms with Crippen molar-refractivity contribution in [2.24, 2.45) is 5.92 Å². The largest absolute Gasteiger partial charge is 0.413 e. The summed E-state index contributed by atoms with van der Waals surface area (Å²) in [6.07, 6.45) is 9.49. The van der Waals surface area contributed by atoms with E-state index in [1.54, 1.807) is 0 Å². The van der Waals surface area contributed by atoms with Gasteiger partial charge in [0.05, 0.1) is 14.2 Å². The highest BCUT2D eigenvalue weighted by Gasteiger charge is 2.44. The second-order valence-corrected chi connectivity index (χ2v) is 18.5. The highest BCUT2D eigenvalue weighted by molar-refractivity contribution is 6.91. The maximum atomic E-state index is 7.29. The van der Waals surface area contributed by atoms with Gasteiger partial charge in [0.1, 0.15) is 0 Å². The SMILES string of the molecule is C=C[C@H]([C@@H](O[Si](CC)(CC)CC)C1CCCCC1)[Si](C)(C)c1ccccc1. The summed E-state index contributed by atoms with van der Waals surface area (Å²) in [5.41, 5.74) is 0.486. The average molecular weight is 403 g/mol. The number of benzene rings is 1. The Balaban J connectivity index is 2.41. The van der Waals surface area contributed by atoms with Crippen LogP contribution in [0.2, 0.25) is 36.8 Å². The Bertz CT molecular complexity index is 551. The molecule has 1 fully saturated rings. The molecular weight excluding hydrogens is 360 g/mol. The molecule has 0 aromatic heterocycles. The summed E-state index contributed by atoms with van der Waals surface area (Å²) >= 11 is 0. The highest BCUT2D eigenvalue weighted by atomic mass is 28.4. The molecule has 0 bridgehead atoms. The second kappa shape index (κ2) is 10.2. The first-order valence-electron chi connectivity index (χ1n) is 11.3. The van der Waals surface area contributed by atoms with Crippen LogP contribution in [-0.4, -0.2) is 22.5 Å². The van der Waals surface area contributed by atoms with Gasteiger partial charge < -0.3 is 4.43 Å². The Morgan fingerprint density at radius 3 is 2.04 bits per heavy atom. The topological polar surface area (TPSA) is 9.23 Å². The molecule has 0 unspecified atom stereocenters. The molecule has 0 spiro atoms. The minimum Gasteiger partial charge on any atom is -0.413 e. The third kappa shape index (κ3) is 5.24. The number of hydrogen-bond donors (Lipinski definition) is 0. The summed E-state index contributed by atoms with van der Waals surface area (Å²) in [7, 11) is -3.36. The normalized spacial score (nSPS) is 18.9. The minimum absolute atomic E-state index is 0.371. The molecule has 0 amide bonds. The lowest BCUT2D eigenvalue weighted by molar-refractivity contribution is 0.0976. The summed E-state index contributed by atoms with van der Waals surface area (Å²) in [6.45, 7) is 16.5. The fourth-order valence-corrected chi connectivity index (χ4v) is 11.4. The van der Waals surface area contributed by atoms with Gasteiger partial charge in [-0.1, -0.05) is 94.7 Å². The van der Waals surface area contributed by atoms with E-state index in [2.05, 4.69) is 76.9 Å². The maximum Gasteiger partial charge on any atom is 0.192 e. The quantitative estimate of drug-likeness (QED) is 0.299. The van der Waals surface area contributed by atoms with Crippen molar-refractivity contribution < 1.29 is 4.43 Å². The summed E-state index contributed by atoms with van der Waals surface area (Å²) in [5, 5.41) is 1.54. The summed E-state index contributed by atoms with van der Waals surface area (Å²) in [4.78, 5) is 0. The summed E-state index contributed by atoms with van der Waals surface area (Å²) in [6, 6.07) is 14.9. The predicted octanol–water partition coefficient (Wildman–Crippen LogP) is 7.13. The fourth-order valence-electron chi connectivity index (χ4n) is 5.11. The van der Waals surface area contributed by atoms with Crippen molar-refractivity contribution in [1.82, 2.24) is 0 Å². The van der Waals surface area contributed by atoms with Gasteiger partial charge in [0, 0.05) is 5.54 Å². The van der Waals surface area contributed by atoms with Crippen LogP contribution in [0.3, 0.4) is 0 Å². The van der Waals surface area contributed by atoms with E-state index in [-0.39, 0.29) is 0 Å². The summed E-state index contributed by atoms with van der Waals surface area (Å²) in [5.74, 6) is 0.716. The van der Waals surface area contributed by atoms with E-state index in [1.807, 2.05) is 0 Å². The van der Waals surface area contributed by atoms with E-state index in [0.29, 0.717) is 17.6 Å². The second-order valence-electron chi connectivity index (χ2n) is 9.07. The van der Waals surface area contributed by atoms with E-state index >= 15 is 0 Å². The highest BCUT2D eigenvalue weighted by Crippen LogP contribution is 2.41. The van der Waals surface area contributed by atoms with Gasteiger partial charge in [-0.25, -0.2) is 0 Å². The Morgan fingerprint density at radius 1 is 1.00 bits per heavy atom. The lowest BCUT2D eigenvalue weighted by Gasteiger charge is -2.46. The van der Waals surface area contributed by atoms with Crippen molar-refractivity contribution in [2.75, 3.05) is 0 Å². The molecule has 3 heteroatoms. The molecule has 1 aliphatic rings. The van der Waals surface area contributed by atoms with Crippen LogP contribution < -0.4 is 5.19 Å². The van der Waals surface area contributed by atoms with Crippen LogP contribution in [0.5, 0.6) is 0 Å². The molecule has 1 saturated carbocycles. The molecule has 2 atom stereocenters. The molecule has 0 N–H and O–H groups in total. The van der Waals surface area contributed by atoms with Crippen LogP contribution in [0.1, 0.15) is 52.9 Å². The lowest BCUT2D eigenvalue weighted by atomic mass is 9.84. The van der Waals surface area contributed by atoms with Crippen molar-refractivity contribution in [3.8, 4) is 0 Å². The van der Waals surface area contributed by atoms with Gasteiger partial charge in [-0.05, 0) is 36.9 Å². The monoisotopic (exact) mass is 402 g/mol. The maximum absolute atomic E-state index is 7.29. The van der Waals surface area contributed by atoms with Gasteiger partial charge >= 0.3 is 0 Å². The van der Waals surface area contributed by atoms with Gasteiger partial charge in [-0.15, -0.1) is 6.58 Å².